The van der Waals surface area contributed by atoms with Crippen molar-refractivity contribution in [1.29, 1.82) is 0 Å². The average Bonchev–Trinajstić information content (AvgIpc) is 2.69. The van der Waals surface area contributed by atoms with Crippen LogP contribution in [0.4, 0.5) is 0 Å². The first-order valence-corrected chi connectivity index (χ1v) is 11.0. The minimum absolute atomic E-state index is 0.0205. The van der Waals surface area contributed by atoms with Crippen molar-refractivity contribution < 1.29 is 29.1 Å². The first kappa shape index (κ1) is 29.6. The predicted octanol–water partition coefficient (Wildman–Crippen LogP) is -2.17. The normalized spacial score (nSPS) is 14.7. The molecule has 0 aromatic rings. The molecule has 0 radical (unpaired) electrons. The molecule has 4 atom stereocenters. The van der Waals surface area contributed by atoms with Gasteiger partial charge >= 0.3 is 5.97 Å². The van der Waals surface area contributed by atoms with E-state index in [1.165, 1.54) is 0 Å². The third kappa shape index (κ3) is 11.9. The maximum atomic E-state index is 12.8. The lowest BCUT2D eigenvalue weighted by Gasteiger charge is -2.24. The van der Waals surface area contributed by atoms with Gasteiger partial charge in [0.15, 0.2) is 0 Å². The van der Waals surface area contributed by atoms with Crippen molar-refractivity contribution in [1.82, 2.24) is 16.0 Å². The molecule has 0 saturated carbocycles. The van der Waals surface area contributed by atoms with Crippen LogP contribution in [0.15, 0.2) is 0 Å². The second-order valence-corrected chi connectivity index (χ2v) is 8.26. The maximum Gasteiger partial charge on any atom is 0.326 e. The van der Waals surface area contributed by atoms with Crippen LogP contribution in [0.2, 0.25) is 0 Å². The minimum atomic E-state index is -1.23. The summed E-state index contributed by atoms with van der Waals surface area (Å²) in [5.74, 6) is -4.16. The molecular weight excluding hydrogens is 440 g/mol. The molecule has 0 heterocycles. The van der Waals surface area contributed by atoms with Crippen molar-refractivity contribution in [2.24, 2.45) is 23.1 Å². The number of hydrogen-bond acceptors (Lipinski definition) is 8. The van der Waals surface area contributed by atoms with E-state index in [4.69, 9.17) is 17.2 Å². The molecule has 0 aliphatic rings. The number of aliphatic carboxylic acids is 1. The van der Waals surface area contributed by atoms with Gasteiger partial charge in [-0.05, 0) is 38.1 Å². The van der Waals surface area contributed by atoms with E-state index < -0.39 is 60.2 Å². The second kappa shape index (κ2) is 15.4. The van der Waals surface area contributed by atoms with Gasteiger partial charge in [0, 0.05) is 5.75 Å². The molecule has 0 aliphatic carbocycles. The third-order valence-corrected chi connectivity index (χ3v) is 4.84. The van der Waals surface area contributed by atoms with E-state index in [-0.39, 0.29) is 24.5 Å². The number of primary amides is 1. The number of carbonyl (C=O) groups excluding carboxylic acids is 4. The van der Waals surface area contributed by atoms with E-state index in [1.54, 1.807) is 0 Å². The van der Waals surface area contributed by atoms with Gasteiger partial charge in [0.25, 0.3) is 0 Å². The summed E-state index contributed by atoms with van der Waals surface area (Å²) in [7, 11) is 0. The maximum absolute atomic E-state index is 12.8. The Bertz CT molecular complexity index is 662. The number of carboxylic acid groups (broad SMARTS) is 1. The summed E-state index contributed by atoms with van der Waals surface area (Å²) >= 11 is 4.07. The molecule has 0 bridgehead atoms. The highest BCUT2D eigenvalue weighted by Crippen LogP contribution is 2.07. The summed E-state index contributed by atoms with van der Waals surface area (Å²) in [6.45, 7) is 4.02. The second-order valence-electron chi connectivity index (χ2n) is 7.90. The Balaban J connectivity index is 5.25. The number of amides is 4. The number of carbonyl (C=O) groups is 5. The molecule has 0 fully saturated rings. The zero-order chi connectivity index (χ0) is 24.8. The van der Waals surface area contributed by atoms with E-state index in [2.05, 4.69) is 28.6 Å². The minimum Gasteiger partial charge on any atom is -0.480 e. The standard InChI is InChI=1S/C19H36N6O6S/c1-10(2)7-13(19(30)31)24-18(29)14(9-32)25-17(28)12(5-3-4-6-20)23-16(27)11(21)8-15(22)26/h10-14,32H,3-9,20-21H2,1-2H3,(H2,22,26)(H,23,27)(H,24,29)(H,25,28)(H,30,31). The average molecular weight is 477 g/mol. The summed E-state index contributed by atoms with van der Waals surface area (Å²) in [5, 5.41) is 16.6. The fourth-order valence-corrected chi connectivity index (χ4v) is 3.04. The summed E-state index contributed by atoms with van der Waals surface area (Å²) < 4.78 is 0. The monoisotopic (exact) mass is 476 g/mol. The van der Waals surface area contributed by atoms with Gasteiger partial charge in [0.2, 0.25) is 23.6 Å². The first-order chi connectivity index (χ1) is 14.9. The van der Waals surface area contributed by atoms with Crippen molar-refractivity contribution in [3.8, 4) is 0 Å². The van der Waals surface area contributed by atoms with E-state index in [1.807, 2.05) is 13.8 Å². The lowest BCUT2D eigenvalue weighted by atomic mass is 10.0. The molecule has 4 unspecified atom stereocenters. The summed E-state index contributed by atoms with van der Waals surface area (Å²) in [4.78, 5) is 59.9. The Morgan fingerprint density at radius 1 is 0.906 bits per heavy atom. The van der Waals surface area contributed by atoms with Crippen LogP contribution in [0.5, 0.6) is 0 Å². The van der Waals surface area contributed by atoms with Gasteiger partial charge in [0.05, 0.1) is 12.5 Å². The van der Waals surface area contributed by atoms with Crippen LogP contribution >= 0.6 is 12.6 Å². The number of carboxylic acids is 1. The molecule has 0 aromatic carbocycles. The van der Waals surface area contributed by atoms with Crippen molar-refractivity contribution in [2.75, 3.05) is 12.3 Å². The lowest BCUT2D eigenvalue weighted by Crippen LogP contribution is -2.57. The molecule has 0 spiro atoms. The van der Waals surface area contributed by atoms with Crippen LogP contribution in [0.1, 0.15) is 46.0 Å². The van der Waals surface area contributed by atoms with Crippen LogP contribution in [-0.4, -0.2) is 71.2 Å². The van der Waals surface area contributed by atoms with Crippen molar-refractivity contribution >= 4 is 42.2 Å². The number of thiol groups is 1. The zero-order valence-corrected chi connectivity index (χ0v) is 19.4. The van der Waals surface area contributed by atoms with Crippen LogP contribution in [0, 0.1) is 5.92 Å². The SMILES string of the molecule is CC(C)CC(NC(=O)C(CS)NC(=O)C(CCCCN)NC(=O)C(N)CC(N)=O)C(=O)O. The van der Waals surface area contributed by atoms with Crippen LogP contribution in [0.3, 0.4) is 0 Å². The van der Waals surface area contributed by atoms with Crippen molar-refractivity contribution in [2.45, 2.75) is 70.1 Å². The molecule has 0 saturated heterocycles. The molecule has 12 nitrogen and oxygen atoms in total. The lowest BCUT2D eigenvalue weighted by molar-refractivity contribution is -0.142. The van der Waals surface area contributed by atoms with Gasteiger partial charge in [-0.25, -0.2) is 4.79 Å². The molecule has 13 heteroatoms. The summed E-state index contributed by atoms with van der Waals surface area (Å²) in [6.07, 6.45) is 1.14. The highest BCUT2D eigenvalue weighted by Gasteiger charge is 2.30. The van der Waals surface area contributed by atoms with E-state index in [0.717, 1.165) is 0 Å². The Morgan fingerprint density at radius 3 is 1.91 bits per heavy atom. The Kier molecular flexibility index (Phi) is 14.3. The van der Waals surface area contributed by atoms with E-state index >= 15 is 0 Å². The van der Waals surface area contributed by atoms with Crippen LogP contribution in [0.25, 0.3) is 0 Å². The topological polar surface area (TPSA) is 220 Å². The highest BCUT2D eigenvalue weighted by atomic mass is 32.1. The smallest absolute Gasteiger partial charge is 0.326 e. The van der Waals surface area contributed by atoms with Gasteiger partial charge < -0.3 is 38.3 Å². The number of nitrogens with two attached hydrogens (primary N) is 3. The van der Waals surface area contributed by atoms with Gasteiger partial charge in [-0.15, -0.1) is 0 Å². The van der Waals surface area contributed by atoms with E-state index in [0.29, 0.717) is 19.4 Å². The van der Waals surface area contributed by atoms with Gasteiger partial charge in [-0.2, -0.15) is 12.6 Å². The highest BCUT2D eigenvalue weighted by molar-refractivity contribution is 7.80. The number of hydrogen-bond donors (Lipinski definition) is 8. The third-order valence-electron chi connectivity index (χ3n) is 4.48. The van der Waals surface area contributed by atoms with Crippen LogP contribution in [-0.2, 0) is 24.0 Å². The number of rotatable bonds is 16. The zero-order valence-electron chi connectivity index (χ0n) is 18.5. The van der Waals surface area contributed by atoms with Gasteiger partial charge in [-0.1, -0.05) is 13.8 Å². The molecule has 0 aromatic heterocycles. The Hall–Kier alpha value is -2.38. The largest absolute Gasteiger partial charge is 0.480 e. The van der Waals surface area contributed by atoms with Crippen LogP contribution < -0.4 is 33.2 Å². The summed E-state index contributed by atoms with van der Waals surface area (Å²) in [5.41, 5.74) is 16.1. The van der Waals surface area contributed by atoms with Crippen molar-refractivity contribution in [3.63, 3.8) is 0 Å². The molecule has 184 valence electrons. The molecule has 10 N–H and O–H groups in total. The first-order valence-electron chi connectivity index (χ1n) is 10.4. The van der Waals surface area contributed by atoms with Gasteiger partial charge in [0.1, 0.15) is 18.1 Å². The molecule has 4 amide bonds. The quantitative estimate of drug-likeness (QED) is 0.0902. The number of nitrogens with one attached hydrogen (secondary N) is 3. The molecule has 0 rings (SSSR count). The molecular formula is C19H36N6O6S. The summed E-state index contributed by atoms with van der Waals surface area (Å²) in [6, 6.07) is -4.52. The van der Waals surface area contributed by atoms with E-state index in [9.17, 15) is 29.1 Å². The Labute approximate surface area is 193 Å². The predicted molar refractivity (Wildman–Crippen MR) is 121 cm³/mol. The van der Waals surface area contributed by atoms with Gasteiger partial charge in [-0.3, -0.25) is 19.2 Å². The fraction of sp³-hybridized carbons (Fsp3) is 0.737. The Morgan fingerprint density at radius 2 is 1.44 bits per heavy atom. The molecule has 0 aliphatic heterocycles. The van der Waals surface area contributed by atoms with Crippen molar-refractivity contribution in [3.05, 3.63) is 0 Å². The molecule has 32 heavy (non-hydrogen) atoms. The number of unbranched alkanes of at least 4 members (excludes halogenated alkanes) is 1. The fourth-order valence-electron chi connectivity index (χ4n) is 2.78.